The molecule has 1 atom stereocenters. The van der Waals surface area contributed by atoms with Crippen molar-refractivity contribution in [2.75, 3.05) is 30.8 Å². The fraction of sp³-hybridized carbons (Fsp3) is 0.300. The second-order valence-electron chi connectivity index (χ2n) is 10.8. The number of hydrogen-bond acceptors (Lipinski definition) is 8. The van der Waals surface area contributed by atoms with Crippen molar-refractivity contribution in [3.05, 3.63) is 87.3 Å². The molecule has 43 heavy (non-hydrogen) atoms. The number of rotatable bonds is 6. The molecule has 4 heterocycles. The van der Waals surface area contributed by atoms with Crippen LogP contribution in [-0.4, -0.2) is 70.7 Å². The maximum Gasteiger partial charge on any atom is 0.355 e. The first-order valence-electron chi connectivity index (χ1n) is 13.7. The van der Waals surface area contributed by atoms with Gasteiger partial charge in [0.25, 0.3) is 0 Å². The number of nitrogens with one attached hydrogen (secondary N) is 1. The fourth-order valence-electron chi connectivity index (χ4n) is 5.45. The van der Waals surface area contributed by atoms with Crippen molar-refractivity contribution < 1.29 is 17.6 Å². The Kier molecular flexibility index (Phi) is 7.78. The lowest BCUT2D eigenvalue weighted by molar-refractivity contribution is -0.126. The quantitative estimate of drug-likeness (QED) is 0.331. The summed E-state index contributed by atoms with van der Waals surface area (Å²) < 4.78 is 42.9. The first-order valence-corrected chi connectivity index (χ1v) is 15.5. The van der Waals surface area contributed by atoms with E-state index >= 15 is 4.39 Å². The summed E-state index contributed by atoms with van der Waals surface area (Å²) in [7, 11) is -3.85. The average Bonchev–Trinajstić information content (AvgIpc) is 2.95. The number of piperazine rings is 1. The van der Waals surface area contributed by atoms with E-state index in [1.54, 1.807) is 21.9 Å². The Morgan fingerprint density at radius 3 is 2.49 bits per heavy atom. The third kappa shape index (κ3) is 5.47. The molecule has 0 aliphatic carbocycles. The molecular weight excluding hydrogens is 575 g/mol. The van der Waals surface area contributed by atoms with Crippen LogP contribution in [-0.2, 0) is 14.6 Å². The molecule has 0 saturated carbocycles. The van der Waals surface area contributed by atoms with Crippen molar-refractivity contribution in [1.82, 2.24) is 24.4 Å². The Morgan fingerprint density at radius 1 is 1.14 bits per heavy atom. The lowest BCUT2D eigenvalue weighted by Gasteiger charge is -2.40. The zero-order chi connectivity index (χ0) is 31.2. The number of para-hydroxylation sites is 1. The van der Waals surface area contributed by atoms with Gasteiger partial charge >= 0.3 is 5.69 Å². The van der Waals surface area contributed by atoms with Crippen LogP contribution in [0.2, 0.25) is 0 Å². The first kappa shape index (κ1) is 29.8. The molecule has 1 aliphatic rings. The van der Waals surface area contributed by atoms with E-state index in [0.717, 1.165) is 10.8 Å². The van der Waals surface area contributed by atoms with Gasteiger partial charge in [-0.2, -0.15) is 4.98 Å². The number of aromatic amines is 1. The number of aromatic nitrogens is 4. The topological polar surface area (TPSA) is 138 Å². The predicted octanol–water partition coefficient (Wildman–Crippen LogP) is 3.03. The van der Waals surface area contributed by atoms with Gasteiger partial charge in [-0.15, -0.1) is 0 Å². The number of fused-ring (bicyclic) bond motifs is 1. The third-order valence-electron chi connectivity index (χ3n) is 7.49. The van der Waals surface area contributed by atoms with Crippen LogP contribution in [0.3, 0.4) is 0 Å². The molecule has 4 aromatic rings. The lowest BCUT2D eigenvalue weighted by atomic mass is 10.0. The number of carbonyl (C=O) groups excluding carboxylic acids is 1. The van der Waals surface area contributed by atoms with E-state index < -0.39 is 26.9 Å². The van der Waals surface area contributed by atoms with Crippen molar-refractivity contribution in [3.8, 4) is 17.1 Å². The van der Waals surface area contributed by atoms with Crippen LogP contribution in [0.1, 0.15) is 32.3 Å². The highest BCUT2D eigenvalue weighted by molar-refractivity contribution is 7.90. The Bertz CT molecular complexity index is 2000. The third-order valence-corrected chi connectivity index (χ3v) is 8.61. The molecule has 1 amide bonds. The highest BCUT2D eigenvalue weighted by Gasteiger charge is 2.31. The summed E-state index contributed by atoms with van der Waals surface area (Å²) in [5.41, 5.74) is -0.851. The standard InChI is InChI=1S/C30H31FN6O5S/c1-6-25(39)35-13-14-36(18(4)16-35)28-20-15-21(31)26(22-10-8-12-24(38)32-22)33-29(20)37(30(40)34-28)27-19(17(2)3)9-7-11-23(27)43(5,41)42/h6-12,15,17-18H,1,13-14,16H2,2-5H3,(H,32,38)/t18-/m0/s1. The van der Waals surface area contributed by atoms with Crippen LogP contribution in [0.5, 0.6) is 0 Å². The minimum atomic E-state index is -3.85. The Hall–Kier alpha value is -4.65. The zero-order valence-corrected chi connectivity index (χ0v) is 25.0. The van der Waals surface area contributed by atoms with Crippen molar-refractivity contribution in [1.29, 1.82) is 0 Å². The minimum absolute atomic E-state index is 0.0362. The molecule has 1 N–H and O–H groups in total. The largest absolute Gasteiger partial charge is 0.355 e. The summed E-state index contributed by atoms with van der Waals surface area (Å²) in [5, 5.41) is 0.160. The SMILES string of the molecule is C=CC(=O)N1CCN(c2nc(=O)n(-c3c(C(C)C)cccc3S(C)(=O)=O)c3nc(-c4cccc(=O)[nH]4)c(F)cc23)[C@@H](C)C1. The summed E-state index contributed by atoms with van der Waals surface area (Å²) >= 11 is 0. The van der Waals surface area contributed by atoms with Gasteiger partial charge < -0.3 is 14.8 Å². The monoisotopic (exact) mass is 606 g/mol. The number of sulfone groups is 1. The molecule has 0 unspecified atom stereocenters. The van der Waals surface area contributed by atoms with Crippen molar-refractivity contribution in [3.63, 3.8) is 0 Å². The minimum Gasteiger partial charge on any atom is -0.350 e. The number of halogens is 1. The van der Waals surface area contributed by atoms with Gasteiger partial charge in [0, 0.05) is 38.0 Å². The van der Waals surface area contributed by atoms with E-state index in [9.17, 15) is 22.8 Å². The second kappa shape index (κ2) is 11.2. The molecular formula is C30H31FN6O5S. The molecule has 1 fully saturated rings. The van der Waals surface area contributed by atoms with E-state index in [0.29, 0.717) is 25.2 Å². The van der Waals surface area contributed by atoms with Gasteiger partial charge in [-0.25, -0.2) is 27.2 Å². The molecule has 11 nitrogen and oxygen atoms in total. The summed E-state index contributed by atoms with van der Waals surface area (Å²) in [4.78, 5) is 53.2. The molecule has 0 bridgehead atoms. The van der Waals surface area contributed by atoms with Crippen LogP contribution in [0.4, 0.5) is 10.2 Å². The number of anilines is 1. The van der Waals surface area contributed by atoms with Gasteiger partial charge in [-0.1, -0.05) is 38.6 Å². The van der Waals surface area contributed by atoms with Crippen molar-refractivity contribution in [2.45, 2.75) is 37.6 Å². The van der Waals surface area contributed by atoms with Crippen LogP contribution in [0, 0.1) is 5.82 Å². The molecule has 0 spiro atoms. The maximum absolute atomic E-state index is 15.8. The molecule has 3 aromatic heterocycles. The molecule has 13 heteroatoms. The van der Waals surface area contributed by atoms with Crippen LogP contribution < -0.4 is 16.1 Å². The summed E-state index contributed by atoms with van der Waals surface area (Å²) in [6.45, 7) is 10.0. The van der Waals surface area contributed by atoms with Gasteiger partial charge in [0.1, 0.15) is 11.5 Å². The Balaban J connectivity index is 1.87. The van der Waals surface area contributed by atoms with Crippen molar-refractivity contribution >= 4 is 32.6 Å². The van der Waals surface area contributed by atoms with E-state index in [-0.39, 0.29) is 56.7 Å². The summed E-state index contributed by atoms with van der Waals surface area (Å²) in [5.74, 6) is -1.07. The smallest absolute Gasteiger partial charge is 0.350 e. The Morgan fingerprint density at radius 2 is 1.86 bits per heavy atom. The first-order chi connectivity index (χ1) is 20.3. The number of H-pyrrole nitrogens is 1. The maximum atomic E-state index is 15.8. The van der Waals surface area contributed by atoms with Crippen LogP contribution >= 0.6 is 0 Å². The van der Waals surface area contributed by atoms with E-state index in [1.165, 1.54) is 36.4 Å². The summed E-state index contributed by atoms with van der Waals surface area (Å²) in [6, 6.07) is 9.80. The number of carbonyl (C=O) groups is 1. The van der Waals surface area contributed by atoms with E-state index in [2.05, 4.69) is 21.5 Å². The van der Waals surface area contributed by atoms with Crippen molar-refractivity contribution in [2.24, 2.45) is 0 Å². The highest BCUT2D eigenvalue weighted by atomic mass is 32.2. The summed E-state index contributed by atoms with van der Waals surface area (Å²) in [6.07, 6.45) is 2.28. The number of pyridine rings is 2. The molecule has 0 radical (unpaired) electrons. The molecule has 224 valence electrons. The lowest BCUT2D eigenvalue weighted by Crippen LogP contribution is -2.54. The van der Waals surface area contributed by atoms with Gasteiger partial charge in [0.15, 0.2) is 21.3 Å². The number of amides is 1. The highest BCUT2D eigenvalue weighted by Crippen LogP contribution is 2.34. The van der Waals surface area contributed by atoms with E-state index in [4.69, 9.17) is 0 Å². The number of hydrogen-bond donors (Lipinski definition) is 1. The molecule has 1 aliphatic heterocycles. The van der Waals surface area contributed by atoms with Gasteiger partial charge in [-0.3, -0.25) is 9.59 Å². The van der Waals surface area contributed by atoms with E-state index in [1.807, 2.05) is 20.8 Å². The zero-order valence-electron chi connectivity index (χ0n) is 24.2. The fourth-order valence-corrected chi connectivity index (χ4v) is 6.33. The van der Waals surface area contributed by atoms with Crippen LogP contribution in [0.25, 0.3) is 28.1 Å². The molecule has 5 rings (SSSR count). The predicted molar refractivity (Wildman–Crippen MR) is 162 cm³/mol. The normalized spacial score (nSPS) is 15.7. The molecule has 1 saturated heterocycles. The Labute approximate surface area is 247 Å². The van der Waals surface area contributed by atoms with Gasteiger partial charge in [0.05, 0.1) is 21.7 Å². The number of benzene rings is 1. The van der Waals surface area contributed by atoms with Gasteiger partial charge in [-0.05, 0) is 42.7 Å². The second-order valence-corrected chi connectivity index (χ2v) is 12.8. The molecule has 1 aromatic carbocycles. The average molecular weight is 607 g/mol. The van der Waals surface area contributed by atoms with Crippen LogP contribution in [0.15, 0.2) is 69.6 Å². The van der Waals surface area contributed by atoms with Gasteiger partial charge in [0.2, 0.25) is 11.5 Å². The number of nitrogens with zero attached hydrogens (tertiary/aromatic N) is 5.